The Kier molecular flexibility index (Phi) is 9.21. The second-order valence-corrected chi connectivity index (χ2v) is 12.1. The maximum Gasteiger partial charge on any atom is 0.246 e. The number of hydrogen-bond acceptors (Lipinski definition) is 12. The van der Waals surface area contributed by atoms with Gasteiger partial charge in [0.25, 0.3) is 0 Å². The highest BCUT2D eigenvalue weighted by atomic mass is 32.2. The lowest BCUT2D eigenvalue weighted by atomic mass is 10.2. The van der Waals surface area contributed by atoms with Gasteiger partial charge in [0.2, 0.25) is 15.9 Å². The summed E-state index contributed by atoms with van der Waals surface area (Å²) in [6, 6.07) is 10.3. The van der Waals surface area contributed by atoms with Gasteiger partial charge in [0.15, 0.2) is 23.1 Å². The van der Waals surface area contributed by atoms with Crippen LogP contribution in [0.2, 0.25) is 0 Å². The quantitative estimate of drug-likeness (QED) is 0.245. The third kappa shape index (κ3) is 6.57. The summed E-state index contributed by atoms with van der Waals surface area (Å²) in [5, 5.41) is 18.0. The molecule has 0 fully saturated rings. The number of aliphatic hydroxyl groups is 1. The molecule has 0 radical (unpaired) electrons. The molecule has 1 aliphatic rings. The maximum absolute atomic E-state index is 13.8. The molecule has 0 saturated carbocycles. The van der Waals surface area contributed by atoms with Crippen molar-refractivity contribution in [3.63, 3.8) is 0 Å². The van der Waals surface area contributed by atoms with Gasteiger partial charge in [0.1, 0.15) is 17.0 Å². The Morgan fingerprint density at radius 2 is 1.81 bits per heavy atom. The van der Waals surface area contributed by atoms with Crippen molar-refractivity contribution in [3.05, 3.63) is 36.4 Å². The number of sulfonamides is 1. The van der Waals surface area contributed by atoms with Gasteiger partial charge < -0.3 is 29.5 Å². The van der Waals surface area contributed by atoms with E-state index in [9.17, 15) is 18.3 Å². The SMILES string of the molecule is COc1cc(Nc2nc3ccccc3nc2NS(=O)(=O)C2(C)C=NN(CC(=O)N(C)C)C2)c(OCCCO)c(OC)c1. The number of hydrogen-bond donors (Lipinski definition) is 3. The van der Waals surface area contributed by atoms with E-state index in [0.717, 1.165) is 0 Å². The highest BCUT2D eigenvalue weighted by molar-refractivity contribution is 7.94. The number of hydrazone groups is 1. The molecular weight excluding hydrogens is 566 g/mol. The van der Waals surface area contributed by atoms with Gasteiger partial charge in [-0.2, -0.15) is 5.10 Å². The molecular formula is C27H35N7O7S. The van der Waals surface area contributed by atoms with Gasteiger partial charge in [-0.05, 0) is 19.1 Å². The number of para-hydroxylation sites is 2. The van der Waals surface area contributed by atoms with Crippen LogP contribution < -0.4 is 24.2 Å². The summed E-state index contributed by atoms with van der Waals surface area (Å²) in [7, 11) is 2.06. The van der Waals surface area contributed by atoms with Crippen LogP contribution in [0.25, 0.3) is 11.0 Å². The van der Waals surface area contributed by atoms with E-state index in [0.29, 0.717) is 40.4 Å². The number of carbonyl (C=O) groups is 1. The minimum Gasteiger partial charge on any atom is -0.497 e. The zero-order chi connectivity index (χ0) is 30.5. The van der Waals surface area contributed by atoms with Crippen LogP contribution >= 0.6 is 0 Å². The molecule has 1 amide bonds. The number of methoxy groups -OCH3 is 2. The predicted octanol–water partition coefficient (Wildman–Crippen LogP) is 2.04. The average Bonchev–Trinajstić information content (AvgIpc) is 3.35. The molecule has 14 nitrogen and oxygen atoms in total. The minimum absolute atomic E-state index is 0.0401. The normalized spacial score (nSPS) is 16.4. The molecule has 3 N–H and O–H groups in total. The molecule has 1 unspecified atom stereocenters. The smallest absolute Gasteiger partial charge is 0.246 e. The van der Waals surface area contributed by atoms with Crippen LogP contribution in [-0.4, -0.2) is 105 Å². The van der Waals surface area contributed by atoms with E-state index in [1.54, 1.807) is 50.5 Å². The maximum atomic E-state index is 13.8. The number of aromatic nitrogens is 2. The topological polar surface area (TPSA) is 168 Å². The molecule has 2 heterocycles. The van der Waals surface area contributed by atoms with Gasteiger partial charge in [0, 0.05) is 45.5 Å². The molecule has 1 aromatic heterocycles. The van der Waals surface area contributed by atoms with Crippen molar-refractivity contribution in [2.75, 3.05) is 64.7 Å². The number of anilines is 3. The second kappa shape index (κ2) is 12.7. The van der Waals surface area contributed by atoms with Crippen molar-refractivity contribution in [1.82, 2.24) is 19.9 Å². The molecule has 0 spiro atoms. The summed E-state index contributed by atoms with van der Waals surface area (Å²) in [4.78, 5) is 22.8. The largest absolute Gasteiger partial charge is 0.497 e. The van der Waals surface area contributed by atoms with Gasteiger partial charge in [-0.3, -0.25) is 14.5 Å². The highest BCUT2D eigenvalue weighted by Crippen LogP contribution is 2.42. The zero-order valence-corrected chi connectivity index (χ0v) is 24.9. The molecule has 2 aromatic carbocycles. The Morgan fingerprint density at radius 3 is 2.43 bits per heavy atom. The first-order valence-electron chi connectivity index (χ1n) is 13.1. The fraction of sp³-hybridized carbons (Fsp3) is 0.407. The van der Waals surface area contributed by atoms with Crippen molar-refractivity contribution < 1.29 is 32.5 Å². The molecule has 0 saturated heterocycles. The minimum atomic E-state index is -4.16. The summed E-state index contributed by atoms with van der Waals surface area (Å²) in [5.74, 6) is 0.937. The number of nitrogens with one attached hydrogen (secondary N) is 2. The summed E-state index contributed by atoms with van der Waals surface area (Å²) in [5.41, 5.74) is 1.35. The van der Waals surface area contributed by atoms with Crippen LogP contribution in [0.3, 0.4) is 0 Å². The number of likely N-dealkylation sites (N-methyl/N-ethyl adjacent to an activating group) is 1. The van der Waals surface area contributed by atoms with Gasteiger partial charge in [-0.25, -0.2) is 18.4 Å². The van der Waals surface area contributed by atoms with Crippen LogP contribution in [0.5, 0.6) is 17.2 Å². The Morgan fingerprint density at radius 1 is 1.12 bits per heavy atom. The van der Waals surface area contributed by atoms with Crippen LogP contribution in [0.4, 0.5) is 17.3 Å². The molecule has 42 heavy (non-hydrogen) atoms. The summed E-state index contributed by atoms with van der Waals surface area (Å²) >= 11 is 0. The van der Waals surface area contributed by atoms with Crippen molar-refractivity contribution in [3.8, 4) is 17.2 Å². The number of amides is 1. The van der Waals surface area contributed by atoms with E-state index in [1.807, 2.05) is 0 Å². The van der Waals surface area contributed by atoms with Gasteiger partial charge in [-0.15, -0.1) is 0 Å². The van der Waals surface area contributed by atoms with Crippen molar-refractivity contribution >= 4 is 50.5 Å². The lowest BCUT2D eigenvalue weighted by molar-refractivity contribution is -0.129. The molecule has 1 atom stereocenters. The monoisotopic (exact) mass is 601 g/mol. The van der Waals surface area contributed by atoms with Gasteiger partial charge in [0.05, 0.1) is 44.1 Å². The van der Waals surface area contributed by atoms with Crippen LogP contribution in [0, 0.1) is 0 Å². The summed E-state index contributed by atoms with van der Waals surface area (Å²) < 4.78 is 45.5. The van der Waals surface area contributed by atoms with Crippen molar-refractivity contribution in [2.24, 2.45) is 5.10 Å². The van der Waals surface area contributed by atoms with Crippen molar-refractivity contribution in [2.45, 2.75) is 18.1 Å². The average molecular weight is 602 g/mol. The fourth-order valence-electron chi connectivity index (χ4n) is 4.05. The first-order chi connectivity index (χ1) is 20.0. The van der Waals surface area contributed by atoms with E-state index >= 15 is 0 Å². The first-order valence-corrected chi connectivity index (χ1v) is 14.5. The molecule has 4 rings (SSSR count). The van der Waals surface area contributed by atoms with E-state index in [2.05, 4.69) is 25.1 Å². The van der Waals surface area contributed by atoms with Crippen molar-refractivity contribution in [1.29, 1.82) is 0 Å². The van der Waals surface area contributed by atoms with Gasteiger partial charge >= 0.3 is 0 Å². The summed E-state index contributed by atoms with van der Waals surface area (Å²) in [6.45, 7) is 1.55. The second-order valence-electron chi connectivity index (χ2n) is 9.94. The van der Waals surface area contributed by atoms with E-state index < -0.39 is 14.8 Å². The number of benzene rings is 2. The van der Waals surface area contributed by atoms with Crippen LogP contribution in [-0.2, 0) is 14.8 Å². The van der Waals surface area contributed by atoms with E-state index in [-0.39, 0.29) is 43.8 Å². The number of aliphatic hydroxyl groups excluding tert-OH is 1. The molecule has 3 aromatic rings. The van der Waals surface area contributed by atoms with Gasteiger partial charge in [-0.1, -0.05) is 12.1 Å². The number of nitrogens with zero attached hydrogens (tertiary/aromatic N) is 5. The Balaban J connectivity index is 1.72. The molecule has 15 heteroatoms. The number of ether oxygens (including phenoxy) is 3. The third-order valence-corrected chi connectivity index (χ3v) is 8.43. The molecule has 0 aliphatic carbocycles. The Bertz CT molecular complexity index is 1580. The molecule has 226 valence electrons. The standard InChI is InChI=1S/C27H35N7O7S/c1-27(16-28-34(17-27)15-23(36)33(2)3)42(37,38)32-26-25(29-19-9-6-7-10-20(19)30-26)31-21-13-18(39-4)14-22(40-5)24(21)41-12-8-11-35/h6-7,9-10,13-14,16,35H,8,11-12,15,17H2,1-5H3,(H,29,31)(H,30,32). The number of fused-ring (bicyclic) bond motifs is 1. The Labute approximate surface area is 244 Å². The summed E-state index contributed by atoms with van der Waals surface area (Å²) in [6.07, 6.45) is 1.69. The molecule has 1 aliphatic heterocycles. The first kappa shape index (κ1) is 30.6. The van der Waals surface area contributed by atoms with Crippen LogP contribution in [0.1, 0.15) is 13.3 Å². The number of rotatable bonds is 13. The number of carbonyl (C=O) groups excluding carboxylic acids is 1. The lowest BCUT2D eigenvalue weighted by Gasteiger charge is -2.25. The highest BCUT2D eigenvalue weighted by Gasteiger charge is 2.44. The van der Waals surface area contributed by atoms with Crippen LogP contribution in [0.15, 0.2) is 41.5 Å². The fourth-order valence-corrected chi connectivity index (χ4v) is 5.19. The van der Waals surface area contributed by atoms with E-state index in [4.69, 9.17) is 14.2 Å². The van der Waals surface area contributed by atoms with E-state index in [1.165, 1.54) is 37.3 Å². The third-order valence-electron chi connectivity index (χ3n) is 6.51. The lowest BCUT2D eigenvalue weighted by Crippen LogP contribution is -2.46. The Hall–Kier alpha value is -4.37. The predicted molar refractivity (Wildman–Crippen MR) is 159 cm³/mol. The zero-order valence-electron chi connectivity index (χ0n) is 24.1. The molecule has 0 bridgehead atoms.